The minimum atomic E-state index is -0.0525. The second-order valence-electron chi connectivity index (χ2n) is 5.70. The molecule has 108 valence electrons. The van der Waals surface area contributed by atoms with Crippen LogP contribution in [0, 0.1) is 0 Å². The number of aromatic nitrogens is 1. The van der Waals surface area contributed by atoms with E-state index >= 15 is 0 Å². The number of halogens is 1. The highest BCUT2D eigenvalue weighted by molar-refractivity contribution is 9.10. The van der Waals surface area contributed by atoms with Crippen molar-refractivity contribution >= 4 is 32.5 Å². The van der Waals surface area contributed by atoms with Gasteiger partial charge in [0.1, 0.15) is 17.9 Å². The van der Waals surface area contributed by atoms with Gasteiger partial charge in [0.2, 0.25) is 0 Å². The maximum absolute atomic E-state index is 6.00. The number of rotatable bonds is 4. The molecule has 0 unspecified atom stereocenters. The first-order valence-electron chi connectivity index (χ1n) is 6.45. The Bertz CT molecular complexity index is 626. The monoisotopic (exact) mass is 337 g/mol. The van der Waals surface area contributed by atoms with Crippen LogP contribution in [0.4, 0.5) is 5.69 Å². The van der Waals surface area contributed by atoms with Crippen LogP contribution in [0.5, 0.6) is 5.75 Å². The lowest BCUT2D eigenvalue weighted by Crippen LogP contribution is -2.43. The summed E-state index contributed by atoms with van der Waals surface area (Å²) in [6, 6.07) is 5.69. The fourth-order valence-corrected chi connectivity index (χ4v) is 2.02. The standard InChI is InChI=1S/C15H20BrN3O/c1-15(2,19(3)4)9-20-13-6-5-12(17)11-7-10(16)8-18-14(11)13/h5-8H,9,17H2,1-4H3. The molecule has 2 rings (SSSR count). The molecule has 0 saturated carbocycles. The first kappa shape index (κ1) is 15.1. The smallest absolute Gasteiger partial charge is 0.145 e. The van der Waals surface area contributed by atoms with Crippen molar-refractivity contribution in [2.75, 3.05) is 26.4 Å². The Kier molecular flexibility index (Phi) is 4.20. The van der Waals surface area contributed by atoms with E-state index in [1.165, 1.54) is 0 Å². The molecule has 0 aliphatic rings. The van der Waals surface area contributed by atoms with Crippen LogP contribution in [0.1, 0.15) is 13.8 Å². The van der Waals surface area contributed by atoms with E-state index in [1.54, 1.807) is 6.20 Å². The number of benzene rings is 1. The van der Waals surface area contributed by atoms with E-state index in [4.69, 9.17) is 10.5 Å². The summed E-state index contributed by atoms with van der Waals surface area (Å²) >= 11 is 3.42. The number of ether oxygens (including phenoxy) is 1. The predicted molar refractivity (Wildman–Crippen MR) is 87.1 cm³/mol. The molecule has 0 spiro atoms. The first-order valence-corrected chi connectivity index (χ1v) is 7.24. The number of nitrogens with zero attached hydrogens (tertiary/aromatic N) is 2. The number of hydrogen-bond acceptors (Lipinski definition) is 4. The highest BCUT2D eigenvalue weighted by atomic mass is 79.9. The van der Waals surface area contributed by atoms with Gasteiger partial charge in [-0.05, 0) is 62.1 Å². The van der Waals surface area contributed by atoms with Crippen LogP contribution in [0.25, 0.3) is 10.9 Å². The molecule has 2 aromatic rings. The Morgan fingerprint density at radius 3 is 2.70 bits per heavy atom. The summed E-state index contributed by atoms with van der Waals surface area (Å²) in [4.78, 5) is 6.56. The number of nitrogens with two attached hydrogens (primary N) is 1. The molecule has 0 amide bonds. The van der Waals surface area contributed by atoms with Gasteiger partial charge >= 0.3 is 0 Å². The highest BCUT2D eigenvalue weighted by Crippen LogP contribution is 2.31. The average Bonchev–Trinajstić information content (AvgIpc) is 2.38. The van der Waals surface area contributed by atoms with Crippen molar-refractivity contribution in [2.24, 2.45) is 0 Å². The Morgan fingerprint density at radius 2 is 2.05 bits per heavy atom. The van der Waals surface area contributed by atoms with Crippen molar-refractivity contribution in [3.8, 4) is 5.75 Å². The van der Waals surface area contributed by atoms with E-state index in [0.717, 1.165) is 21.1 Å². The molecule has 0 saturated heterocycles. The van der Waals surface area contributed by atoms with Crippen LogP contribution >= 0.6 is 15.9 Å². The molecule has 4 nitrogen and oxygen atoms in total. The van der Waals surface area contributed by atoms with Gasteiger partial charge in [-0.1, -0.05) is 0 Å². The van der Waals surface area contributed by atoms with Crippen molar-refractivity contribution in [2.45, 2.75) is 19.4 Å². The van der Waals surface area contributed by atoms with Gasteiger partial charge in [-0.15, -0.1) is 0 Å². The highest BCUT2D eigenvalue weighted by Gasteiger charge is 2.22. The largest absolute Gasteiger partial charge is 0.489 e. The Hall–Kier alpha value is -1.33. The number of nitrogen functional groups attached to an aromatic ring is 1. The van der Waals surface area contributed by atoms with Crippen LogP contribution in [0.2, 0.25) is 0 Å². The van der Waals surface area contributed by atoms with Gasteiger partial charge in [0.05, 0.1) is 0 Å². The summed E-state index contributed by atoms with van der Waals surface area (Å²) in [6.07, 6.45) is 1.76. The molecule has 0 radical (unpaired) electrons. The zero-order chi connectivity index (χ0) is 14.9. The molecule has 1 aromatic carbocycles. The van der Waals surface area contributed by atoms with Crippen LogP contribution in [-0.2, 0) is 0 Å². The zero-order valence-corrected chi connectivity index (χ0v) is 13.9. The third kappa shape index (κ3) is 3.04. The van der Waals surface area contributed by atoms with Gasteiger partial charge in [0, 0.05) is 27.3 Å². The lowest BCUT2D eigenvalue weighted by Gasteiger charge is -2.32. The number of fused-ring (bicyclic) bond motifs is 1. The van der Waals surface area contributed by atoms with Crippen LogP contribution in [0.3, 0.4) is 0 Å². The van der Waals surface area contributed by atoms with Crippen molar-refractivity contribution in [3.63, 3.8) is 0 Å². The minimum absolute atomic E-state index is 0.0525. The number of likely N-dealkylation sites (N-methyl/N-ethyl adjacent to an activating group) is 1. The molecule has 5 heteroatoms. The fourth-order valence-electron chi connectivity index (χ4n) is 1.69. The molecule has 2 N–H and O–H groups in total. The quantitative estimate of drug-likeness (QED) is 0.869. The molecule has 1 aromatic heterocycles. The van der Waals surface area contributed by atoms with Crippen LogP contribution < -0.4 is 10.5 Å². The summed E-state index contributed by atoms with van der Waals surface area (Å²) in [5.74, 6) is 0.761. The summed E-state index contributed by atoms with van der Waals surface area (Å²) in [7, 11) is 4.08. The lowest BCUT2D eigenvalue weighted by atomic mass is 10.1. The van der Waals surface area contributed by atoms with E-state index in [2.05, 4.69) is 39.7 Å². The molecule has 0 aliphatic heterocycles. The van der Waals surface area contributed by atoms with E-state index in [9.17, 15) is 0 Å². The third-order valence-electron chi connectivity index (χ3n) is 3.60. The second kappa shape index (κ2) is 5.58. The molecule has 0 fully saturated rings. The number of hydrogen-bond donors (Lipinski definition) is 1. The van der Waals surface area contributed by atoms with Gasteiger partial charge in [-0.3, -0.25) is 4.98 Å². The van der Waals surface area contributed by atoms with E-state index < -0.39 is 0 Å². The second-order valence-corrected chi connectivity index (χ2v) is 6.61. The molecular formula is C15H20BrN3O. The van der Waals surface area contributed by atoms with Gasteiger partial charge in [-0.2, -0.15) is 0 Å². The summed E-state index contributed by atoms with van der Waals surface area (Å²) < 4.78 is 6.87. The van der Waals surface area contributed by atoms with Crippen molar-refractivity contribution in [1.82, 2.24) is 9.88 Å². The van der Waals surface area contributed by atoms with E-state index in [-0.39, 0.29) is 5.54 Å². The maximum atomic E-state index is 6.00. The molecule has 0 bridgehead atoms. The SMILES string of the molecule is CN(C)C(C)(C)COc1ccc(N)c2cc(Br)cnc12. The van der Waals surface area contributed by atoms with Crippen molar-refractivity contribution in [3.05, 3.63) is 28.9 Å². The summed E-state index contributed by atoms with van der Waals surface area (Å²) in [5, 5.41) is 0.902. The molecular weight excluding hydrogens is 318 g/mol. The molecule has 1 heterocycles. The van der Waals surface area contributed by atoms with Crippen LogP contribution in [0.15, 0.2) is 28.9 Å². The zero-order valence-electron chi connectivity index (χ0n) is 12.3. The number of pyridine rings is 1. The average molecular weight is 338 g/mol. The Balaban J connectivity index is 2.34. The topological polar surface area (TPSA) is 51.4 Å². The molecule has 0 aliphatic carbocycles. The van der Waals surface area contributed by atoms with Crippen molar-refractivity contribution < 1.29 is 4.74 Å². The number of anilines is 1. The molecule has 0 atom stereocenters. The van der Waals surface area contributed by atoms with Gasteiger partial charge < -0.3 is 15.4 Å². The molecule has 20 heavy (non-hydrogen) atoms. The summed E-state index contributed by atoms with van der Waals surface area (Å²) in [6.45, 7) is 4.85. The summed E-state index contributed by atoms with van der Waals surface area (Å²) in [5.41, 5.74) is 7.44. The Morgan fingerprint density at radius 1 is 1.35 bits per heavy atom. The van der Waals surface area contributed by atoms with Crippen molar-refractivity contribution in [1.29, 1.82) is 0 Å². The van der Waals surface area contributed by atoms with Gasteiger partial charge in [0.15, 0.2) is 0 Å². The Labute approximate surface area is 128 Å². The van der Waals surface area contributed by atoms with Gasteiger partial charge in [-0.25, -0.2) is 0 Å². The van der Waals surface area contributed by atoms with Crippen LogP contribution in [-0.4, -0.2) is 36.1 Å². The van der Waals surface area contributed by atoms with Gasteiger partial charge in [0.25, 0.3) is 0 Å². The predicted octanol–water partition coefficient (Wildman–Crippen LogP) is 3.30. The van der Waals surface area contributed by atoms with E-state index in [0.29, 0.717) is 12.3 Å². The normalized spacial score (nSPS) is 12.1. The van der Waals surface area contributed by atoms with E-state index in [1.807, 2.05) is 32.3 Å². The maximum Gasteiger partial charge on any atom is 0.145 e. The fraction of sp³-hybridized carbons (Fsp3) is 0.400. The minimum Gasteiger partial charge on any atom is -0.489 e. The lowest BCUT2D eigenvalue weighted by molar-refractivity contribution is 0.115. The first-order chi connectivity index (χ1) is 9.31. The third-order valence-corrected chi connectivity index (χ3v) is 4.04.